The summed E-state index contributed by atoms with van der Waals surface area (Å²) in [6, 6.07) is 4.87. The van der Waals surface area contributed by atoms with Crippen molar-refractivity contribution in [3.05, 3.63) is 35.4 Å². The van der Waals surface area contributed by atoms with Crippen LogP contribution in [0, 0.1) is 0 Å². The van der Waals surface area contributed by atoms with Gasteiger partial charge in [-0.05, 0) is 32.4 Å². The molecule has 2 rings (SSSR count). The Morgan fingerprint density at radius 3 is 2.50 bits per heavy atom. The number of Topliss-reactive ketones (excluding diaryl/α,β-unsaturated/α-hetero) is 1. The van der Waals surface area contributed by atoms with Gasteiger partial charge in [0, 0.05) is 6.42 Å². The van der Waals surface area contributed by atoms with Gasteiger partial charge >= 0.3 is 11.9 Å². The molecule has 1 aliphatic rings. The highest BCUT2D eigenvalue weighted by Crippen LogP contribution is 2.17. The maximum absolute atomic E-state index is 13.0. The van der Waals surface area contributed by atoms with Crippen molar-refractivity contribution in [2.75, 3.05) is 6.67 Å². The second kappa shape index (κ2) is 9.73. The van der Waals surface area contributed by atoms with E-state index >= 15 is 0 Å². The van der Waals surface area contributed by atoms with Crippen LogP contribution in [0.1, 0.15) is 56.5 Å². The van der Waals surface area contributed by atoms with Gasteiger partial charge in [0.25, 0.3) is 5.91 Å². The second-order valence-corrected chi connectivity index (χ2v) is 8.13. The summed E-state index contributed by atoms with van der Waals surface area (Å²) >= 11 is 0. The molecule has 0 bridgehead atoms. The number of nitrogens with one attached hydrogen (secondary N) is 1. The van der Waals surface area contributed by atoms with E-state index in [1.165, 1.54) is 4.58 Å². The van der Waals surface area contributed by atoms with Crippen LogP contribution in [0.4, 0.5) is 4.39 Å². The highest BCUT2D eigenvalue weighted by molar-refractivity contribution is 5.98. The van der Waals surface area contributed by atoms with Gasteiger partial charge in [0.2, 0.25) is 6.04 Å². The molecule has 1 aliphatic heterocycles. The van der Waals surface area contributed by atoms with Gasteiger partial charge in [0.1, 0.15) is 18.3 Å². The first kappa shape index (κ1) is 23.4. The van der Waals surface area contributed by atoms with E-state index in [9.17, 15) is 23.6 Å². The first-order chi connectivity index (χ1) is 14.1. The van der Waals surface area contributed by atoms with Gasteiger partial charge in [-0.2, -0.15) is 4.58 Å². The minimum Gasteiger partial charge on any atom is -0.460 e. The summed E-state index contributed by atoms with van der Waals surface area (Å²) in [7, 11) is 0. The standard InChI is InChI=1S/C22H27FN2O5/c1-5-17(25-11-10-14-8-6-7-9-15(14)21(25)29)20(28)24-16(18(26)13-23)12-19(27)30-22(2,3)4/h6-9,11,16-17H,5,10,12-13H2,1-4H3/p+1/t16?,17-/m0/s1. The molecular weight excluding hydrogens is 391 g/mol. The Kier molecular flexibility index (Phi) is 7.59. The van der Waals surface area contributed by atoms with Crippen molar-refractivity contribution in [2.24, 2.45) is 0 Å². The third kappa shape index (κ3) is 5.81. The van der Waals surface area contributed by atoms with E-state index in [-0.39, 0.29) is 12.3 Å². The van der Waals surface area contributed by atoms with E-state index in [0.29, 0.717) is 12.0 Å². The quantitative estimate of drug-likeness (QED) is 0.514. The molecule has 2 amide bonds. The lowest BCUT2D eigenvalue weighted by Gasteiger charge is -2.23. The van der Waals surface area contributed by atoms with E-state index in [1.807, 2.05) is 12.1 Å². The number of hydrogen-bond acceptors (Lipinski definition) is 5. The summed E-state index contributed by atoms with van der Waals surface area (Å²) in [4.78, 5) is 49.8. The second-order valence-electron chi connectivity index (χ2n) is 8.13. The van der Waals surface area contributed by atoms with Gasteiger partial charge in [-0.1, -0.05) is 25.1 Å². The minimum atomic E-state index is -1.36. The third-order valence-electron chi connectivity index (χ3n) is 4.64. The summed E-state index contributed by atoms with van der Waals surface area (Å²) in [6.07, 6.45) is 1.91. The summed E-state index contributed by atoms with van der Waals surface area (Å²) in [6.45, 7) is 5.40. The molecule has 1 heterocycles. The average molecular weight is 419 g/mol. The maximum Gasteiger partial charge on any atom is 0.420 e. The largest absolute Gasteiger partial charge is 0.460 e. The summed E-state index contributed by atoms with van der Waals surface area (Å²) < 4.78 is 19.5. The van der Waals surface area contributed by atoms with Crippen molar-refractivity contribution in [1.82, 2.24) is 5.32 Å². The van der Waals surface area contributed by atoms with Crippen molar-refractivity contribution in [1.29, 1.82) is 0 Å². The Hall–Kier alpha value is -2.90. The molecule has 0 aromatic heterocycles. The lowest BCUT2D eigenvalue weighted by atomic mass is 9.99. The van der Waals surface area contributed by atoms with Crippen LogP contribution >= 0.6 is 0 Å². The predicted molar refractivity (Wildman–Crippen MR) is 108 cm³/mol. The van der Waals surface area contributed by atoms with E-state index in [4.69, 9.17) is 4.74 Å². The molecule has 162 valence electrons. The fourth-order valence-electron chi connectivity index (χ4n) is 3.26. The number of carbonyl (C=O) groups is 4. The molecule has 1 N–H and O–H groups in total. The molecule has 0 radical (unpaired) electrons. The number of alkyl halides is 1. The number of nitrogens with zero attached hydrogens (tertiary/aromatic N) is 1. The van der Waals surface area contributed by atoms with Crippen LogP contribution in [-0.2, 0) is 25.5 Å². The van der Waals surface area contributed by atoms with Crippen LogP contribution < -0.4 is 5.32 Å². The van der Waals surface area contributed by atoms with Crippen LogP contribution in [0.15, 0.2) is 24.3 Å². The first-order valence-electron chi connectivity index (χ1n) is 9.92. The topological polar surface area (TPSA) is 92.6 Å². The first-order valence-corrected chi connectivity index (χ1v) is 9.92. The number of carbonyl (C=O) groups excluding carboxylic acids is 4. The number of benzene rings is 1. The summed E-state index contributed by atoms with van der Waals surface area (Å²) in [5.41, 5.74) is 0.597. The van der Waals surface area contributed by atoms with Crippen molar-refractivity contribution in [3.8, 4) is 0 Å². The van der Waals surface area contributed by atoms with E-state index in [2.05, 4.69) is 5.32 Å². The summed E-state index contributed by atoms with van der Waals surface area (Å²) in [5.74, 6) is -2.60. The molecule has 0 aliphatic carbocycles. The van der Waals surface area contributed by atoms with Gasteiger partial charge in [-0.15, -0.1) is 0 Å². The van der Waals surface area contributed by atoms with Crippen molar-refractivity contribution in [2.45, 2.75) is 64.6 Å². The molecule has 0 saturated heterocycles. The molecule has 1 unspecified atom stereocenters. The lowest BCUT2D eigenvalue weighted by Crippen LogP contribution is -2.52. The van der Waals surface area contributed by atoms with E-state index in [1.54, 1.807) is 46.0 Å². The fraction of sp³-hybridized carbons (Fsp3) is 0.500. The van der Waals surface area contributed by atoms with Gasteiger partial charge in [-0.3, -0.25) is 14.4 Å². The zero-order valence-corrected chi connectivity index (χ0v) is 17.7. The monoisotopic (exact) mass is 419 g/mol. The number of ketones is 1. The van der Waals surface area contributed by atoms with Crippen molar-refractivity contribution >= 4 is 29.8 Å². The Morgan fingerprint density at radius 2 is 1.90 bits per heavy atom. The third-order valence-corrected chi connectivity index (χ3v) is 4.64. The molecule has 2 atom stereocenters. The summed E-state index contributed by atoms with van der Waals surface area (Å²) in [5, 5.41) is 2.43. The van der Waals surface area contributed by atoms with Gasteiger partial charge in [0.15, 0.2) is 12.0 Å². The Balaban J connectivity index is 2.17. The van der Waals surface area contributed by atoms with Crippen LogP contribution in [-0.4, -0.2) is 58.7 Å². The zero-order chi connectivity index (χ0) is 22.5. The number of halogens is 1. The van der Waals surface area contributed by atoms with Crippen molar-refractivity contribution < 1.29 is 32.9 Å². The number of amides is 2. The van der Waals surface area contributed by atoms with E-state index in [0.717, 1.165) is 5.56 Å². The number of esters is 1. The van der Waals surface area contributed by atoms with Crippen LogP contribution in [0.25, 0.3) is 0 Å². The Labute approximate surface area is 175 Å². The number of rotatable bonds is 8. The molecular formula is C22H28FN2O5+. The van der Waals surface area contributed by atoms with Crippen LogP contribution in [0.3, 0.4) is 0 Å². The number of ether oxygens (including phenoxy) is 1. The van der Waals surface area contributed by atoms with E-state index < -0.39 is 48.4 Å². The molecule has 0 saturated carbocycles. The number of fused-ring (bicyclic) bond motifs is 1. The smallest absolute Gasteiger partial charge is 0.420 e. The molecule has 1 aromatic carbocycles. The van der Waals surface area contributed by atoms with Gasteiger partial charge in [-0.25, -0.2) is 9.18 Å². The molecule has 0 fully saturated rings. The van der Waals surface area contributed by atoms with Gasteiger partial charge in [0.05, 0.1) is 18.4 Å². The average Bonchev–Trinajstić information content (AvgIpc) is 2.67. The maximum atomic E-state index is 13.0. The van der Waals surface area contributed by atoms with Crippen LogP contribution in [0.2, 0.25) is 0 Å². The van der Waals surface area contributed by atoms with Crippen LogP contribution in [0.5, 0.6) is 0 Å². The molecule has 1 aromatic rings. The lowest BCUT2D eigenvalue weighted by molar-refractivity contribution is -0.456. The molecule has 0 spiro atoms. The normalized spacial score (nSPS) is 15.5. The highest BCUT2D eigenvalue weighted by atomic mass is 19.1. The SMILES string of the molecule is CC[C@@H](C(=O)NC(CC(=O)OC(C)(C)C)C(=O)CF)[N+]1=CCc2ccccc2C1=O. The molecule has 7 nitrogen and oxygen atoms in total. The molecule has 30 heavy (non-hydrogen) atoms. The Morgan fingerprint density at radius 1 is 1.23 bits per heavy atom. The zero-order valence-electron chi connectivity index (χ0n) is 17.7. The number of hydrogen-bond donors (Lipinski definition) is 1. The highest BCUT2D eigenvalue weighted by Gasteiger charge is 2.39. The Bertz CT molecular complexity index is 873. The predicted octanol–water partition coefficient (Wildman–Crippen LogP) is 2.00. The molecule has 8 heteroatoms. The minimum absolute atomic E-state index is 0.277. The van der Waals surface area contributed by atoms with Gasteiger partial charge < -0.3 is 10.1 Å². The van der Waals surface area contributed by atoms with Crippen molar-refractivity contribution in [3.63, 3.8) is 0 Å². The fourth-order valence-corrected chi connectivity index (χ4v) is 3.26.